The molecule has 0 radical (unpaired) electrons. The number of nitrogens with one attached hydrogen (secondary N) is 1. The standard InChI is InChI=1S/C25H29N3O5S/c1-17-4-7-19(8-5-17)22-15-21(27-28(22)20-11-13-34(30,31)16-20)25(29)26-12-10-18-6-9-23(32-2)24(14-18)33-3/h4-9,14-15,20H,10-13,16H2,1-3H3,(H,26,29). The maximum absolute atomic E-state index is 12.9. The van der Waals surface area contributed by atoms with Gasteiger partial charge in [0.1, 0.15) is 0 Å². The van der Waals surface area contributed by atoms with Crippen molar-refractivity contribution in [3.63, 3.8) is 0 Å². The van der Waals surface area contributed by atoms with E-state index in [1.807, 2.05) is 49.4 Å². The molecule has 180 valence electrons. The molecule has 0 saturated carbocycles. The van der Waals surface area contributed by atoms with Gasteiger partial charge in [-0.05, 0) is 49.1 Å². The topological polar surface area (TPSA) is 99.5 Å². The van der Waals surface area contributed by atoms with Crippen molar-refractivity contribution in [3.8, 4) is 22.8 Å². The minimum Gasteiger partial charge on any atom is -0.493 e. The summed E-state index contributed by atoms with van der Waals surface area (Å²) in [4.78, 5) is 12.9. The van der Waals surface area contributed by atoms with Crippen LogP contribution in [0.15, 0.2) is 48.5 Å². The number of amides is 1. The number of hydrogen-bond donors (Lipinski definition) is 1. The third-order valence-electron chi connectivity index (χ3n) is 6.02. The van der Waals surface area contributed by atoms with Gasteiger partial charge < -0.3 is 14.8 Å². The largest absolute Gasteiger partial charge is 0.493 e. The highest BCUT2D eigenvalue weighted by Gasteiger charge is 2.32. The molecule has 1 saturated heterocycles. The van der Waals surface area contributed by atoms with E-state index in [1.165, 1.54) is 0 Å². The first-order valence-corrected chi connectivity index (χ1v) is 13.0. The van der Waals surface area contributed by atoms with E-state index in [0.717, 1.165) is 22.4 Å². The van der Waals surface area contributed by atoms with Gasteiger partial charge in [0.15, 0.2) is 27.0 Å². The Balaban J connectivity index is 1.51. The second kappa shape index (κ2) is 9.89. The fourth-order valence-electron chi connectivity index (χ4n) is 4.14. The van der Waals surface area contributed by atoms with Crippen LogP contribution >= 0.6 is 0 Å². The van der Waals surface area contributed by atoms with Gasteiger partial charge in [-0.25, -0.2) is 8.42 Å². The van der Waals surface area contributed by atoms with Crippen LogP contribution in [0.25, 0.3) is 11.3 Å². The summed E-state index contributed by atoms with van der Waals surface area (Å²) in [5.74, 6) is 1.16. The number of sulfone groups is 1. The van der Waals surface area contributed by atoms with Crippen molar-refractivity contribution >= 4 is 15.7 Å². The van der Waals surface area contributed by atoms with E-state index in [4.69, 9.17) is 9.47 Å². The lowest BCUT2D eigenvalue weighted by molar-refractivity contribution is 0.0948. The van der Waals surface area contributed by atoms with E-state index in [1.54, 1.807) is 25.0 Å². The molecule has 0 bridgehead atoms. The number of rotatable bonds is 8. The Labute approximate surface area is 199 Å². The fourth-order valence-corrected chi connectivity index (χ4v) is 5.83. The summed E-state index contributed by atoms with van der Waals surface area (Å²) >= 11 is 0. The molecular formula is C25H29N3O5S. The summed E-state index contributed by atoms with van der Waals surface area (Å²) in [5.41, 5.74) is 4.03. The SMILES string of the molecule is COc1ccc(CCNC(=O)c2cc(-c3ccc(C)cc3)n(C3CCS(=O)(=O)C3)n2)cc1OC. The number of carbonyl (C=O) groups is 1. The van der Waals surface area contributed by atoms with Crippen molar-refractivity contribution in [1.29, 1.82) is 0 Å². The predicted octanol–water partition coefficient (Wildman–Crippen LogP) is 3.21. The van der Waals surface area contributed by atoms with Crippen LogP contribution in [0.4, 0.5) is 0 Å². The van der Waals surface area contributed by atoms with Gasteiger partial charge in [0.25, 0.3) is 5.91 Å². The average Bonchev–Trinajstić information content (AvgIpc) is 3.42. The van der Waals surface area contributed by atoms with E-state index in [9.17, 15) is 13.2 Å². The molecule has 4 rings (SSSR count). The van der Waals surface area contributed by atoms with E-state index in [2.05, 4.69) is 10.4 Å². The van der Waals surface area contributed by atoms with Gasteiger partial charge in [0.05, 0.1) is 37.5 Å². The average molecular weight is 484 g/mol. The molecule has 2 aromatic carbocycles. The Morgan fingerprint density at radius 2 is 1.82 bits per heavy atom. The van der Waals surface area contributed by atoms with Gasteiger partial charge in [-0.15, -0.1) is 0 Å². The molecule has 1 unspecified atom stereocenters. The summed E-state index contributed by atoms with van der Waals surface area (Å²) in [6, 6.07) is 15.0. The van der Waals surface area contributed by atoms with Crippen molar-refractivity contribution in [2.45, 2.75) is 25.8 Å². The predicted molar refractivity (Wildman–Crippen MR) is 130 cm³/mol. The monoisotopic (exact) mass is 483 g/mol. The first-order chi connectivity index (χ1) is 16.3. The van der Waals surface area contributed by atoms with Crippen LogP contribution in [-0.4, -0.2) is 56.4 Å². The fraction of sp³-hybridized carbons (Fsp3) is 0.360. The quantitative estimate of drug-likeness (QED) is 0.528. The molecule has 1 aliphatic heterocycles. The molecule has 1 aromatic heterocycles. The lowest BCUT2D eigenvalue weighted by atomic mass is 10.1. The Bertz CT molecular complexity index is 1280. The molecule has 1 fully saturated rings. The molecule has 1 atom stereocenters. The first-order valence-electron chi connectivity index (χ1n) is 11.2. The third kappa shape index (κ3) is 5.25. The molecule has 1 amide bonds. The Hall–Kier alpha value is -3.33. The van der Waals surface area contributed by atoms with Crippen LogP contribution in [0.2, 0.25) is 0 Å². The minimum absolute atomic E-state index is 0.0356. The lowest BCUT2D eigenvalue weighted by Gasteiger charge is -2.13. The van der Waals surface area contributed by atoms with Crippen LogP contribution in [0.5, 0.6) is 11.5 Å². The summed E-state index contributed by atoms with van der Waals surface area (Å²) in [7, 11) is 0.0738. The number of ether oxygens (including phenoxy) is 2. The highest BCUT2D eigenvalue weighted by molar-refractivity contribution is 7.91. The zero-order chi connectivity index (χ0) is 24.3. The first kappa shape index (κ1) is 23.8. The number of methoxy groups -OCH3 is 2. The highest BCUT2D eigenvalue weighted by atomic mass is 32.2. The van der Waals surface area contributed by atoms with Crippen LogP contribution in [0.1, 0.15) is 34.1 Å². The molecule has 0 spiro atoms. The summed E-state index contributed by atoms with van der Waals surface area (Å²) in [6.07, 6.45) is 1.10. The molecule has 2 heterocycles. The van der Waals surface area contributed by atoms with E-state index in [0.29, 0.717) is 30.9 Å². The van der Waals surface area contributed by atoms with Crippen molar-refractivity contribution in [2.75, 3.05) is 32.3 Å². The van der Waals surface area contributed by atoms with Crippen molar-refractivity contribution in [2.24, 2.45) is 0 Å². The normalized spacial score (nSPS) is 16.9. The molecule has 1 N–H and O–H groups in total. The van der Waals surface area contributed by atoms with E-state index in [-0.39, 0.29) is 29.1 Å². The second-order valence-corrected chi connectivity index (χ2v) is 10.7. The van der Waals surface area contributed by atoms with Gasteiger partial charge in [-0.2, -0.15) is 5.10 Å². The maximum Gasteiger partial charge on any atom is 0.271 e. The number of benzene rings is 2. The van der Waals surface area contributed by atoms with Crippen molar-refractivity contribution in [3.05, 3.63) is 65.4 Å². The second-order valence-electron chi connectivity index (χ2n) is 8.48. The van der Waals surface area contributed by atoms with E-state index >= 15 is 0 Å². The smallest absolute Gasteiger partial charge is 0.271 e. The van der Waals surface area contributed by atoms with Crippen LogP contribution in [-0.2, 0) is 16.3 Å². The summed E-state index contributed by atoms with van der Waals surface area (Å²) in [6.45, 7) is 2.42. The Morgan fingerprint density at radius 1 is 1.09 bits per heavy atom. The van der Waals surface area contributed by atoms with Crippen LogP contribution < -0.4 is 14.8 Å². The molecule has 34 heavy (non-hydrogen) atoms. The molecule has 0 aliphatic carbocycles. The Kier molecular flexibility index (Phi) is 6.92. The Morgan fingerprint density at radius 3 is 2.47 bits per heavy atom. The molecule has 1 aliphatic rings. The zero-order valence-corrected chi connectivity index (χ0v) is 20.4. The maximum atomic E-state index is 12.9. The van der Waals surface area contributed by atoms with Gasteiger partial charge >= 0.3 is 0 Å². The number of nitrogens with zero attached hydrogens (tertiary/aromatic N) is 2. The minimum atomic E-state index is -3.10. The molecule has 8 nitrogen and oxygen atoms in total. The van der Waals surface area contributed by atoms with Crippen molar-refractivity contribution < 1.29 is 22.7 Å². The third-order valence-corrected chi connectivity index (χ3v) is 7.77. The van der Waals surface area contributed by atoms with Gasteiger partial charge in [0, 0.05) is 6.54 Å². The van der Waals surface area contributed by atoms with Gasteiger partial charge in [-0.1, -0.05) is 35.9 Å². The van der Waals surface area contributed by atoms with E-state index < -0.39 is 9.84 Å². The summed E-state index contributed by atoms with van der Waals surface area (Å²) < 4.78 is 36.4. The van der Waals surface area contributed by atoms with Gasteiger partial charge in [-0.3, -0.25) is 9.48 Å². The molecular weight excluding hydrogens is 454 g/mol. The summed E-state index contributed by atoms with van der Waals surface area (Å²) in [5, 5.41) is 7.45. The number of carbonyl (C=O) groups excluding carboxylic acids is 1. The number of aromatic nitrogens is 2. The number of hydrogen-bond acceptors (Lipinski definition) is 6. The lowest BCUT2D eigenvalue weighted by Crippen LogP contribution is -2.26. The van der Waals surface area contributed by atoms with Gasteiger partial charge in [0.2, 0.25) is 0 Å². The highest BCUT2D eigenvalue weighted by Crippen LogP contribution is 2.30. The zero-order valence-electron chi connectivity index (χ0n) is 19.6. The molecule has 3 aromatic rings. The number of aryl methyl sites for hydroxylation is 1. The van der Waals surface area contributed by atoms with Crippen LogP contribution in [0, 0.1) is 6.92 Å². The molecule has 9 heteroatoms. The van der Waals surface area contributed by atoms with Crippen LogP contribution in [0.3, 0.4) is 0 Å². The van der Waals surface area contributed by atoms with Crippen molar-refractivity contribution in [1.82, 2.24) is 15.1 Å².